The number of aromatic nitrogens is 3. The molecule has 182 valence electrons. The van der Waals surface area contributed by atoms with Crippen LogP contribution in [0.5, 0.6) is 0 Å². The van der Waals surface area contributed by atoms with Gasteiger partial charge in [0.05, 0.1) is 22.1 Å². The first-order valence-electron chi connectivity index (χ1n) is 12.9. The van der Waals surface area contributed by atoms with Crippen LogP contribution in [0.3, 0.4) is 0 Å². The summed E-state index contributed by atoms with van der Waals surface area (Å²) in [5, 5.41) is 8.27. The van der Waals surface area contributed by atoms with E-state index in [0.29, 0.717) is 5.95 Å². The molecule has 5 heteroatoms. The van der Waals surface area contributed by atoms with Gasteiger partial charge in [-0.05, 0) is 29.0 Å². The van der Waals surface area contributed by atoms with E-state index in [1.807, 2.05) is 0 Å². The lowest BCUT2D eigenvalue weighted by atomic mass is 10.0. The van der Waals surface area contributed by atoms with Crippen molar-refractivity contribution in [2.75, 3.05) is 0 Å². The van der Waals surface area contributed by atoms with Crippen molar-refractivity contribution in [3.63, 3.8) is 0 Å². The Labute approximate surface area is 226 Å². The second kappa shape index (κ2) is 7.76. The molecule has 0 saturated carbocycles. The van der Waals surface area contributed by atoms with Crippen molar-refractivity contribution in [3.05, 3.63) is 116 Å². The van der Waals surface area contributed by atoms with E-state index in [1.54, 1.807) is 23.9 Å². The summed E-state index contributed by atoms with van der Waals surface area (Å²) in [5.74, 6) is 0.637. The molecule has 0 saturated heterocycles. The van der Waals surface area contributed by atoms with Gasteiger partial charge in [0.15, 0.2) is 0 Å². The SMILES string of the molecule is c1ccc2c(c1)ccc1c2c2ccccc2n1-c1nc(-c2cccc3c2sc2ccccc23)c2cocc2n1. The average molecular weight is 518 g/mol. The molecule has 39 heavy (non-hydrogen) atoms. The second-order valence-electron chi connectivity index (χ2n) is 9.86. The molecule has 0 amide bonds. The van der Waals surface area contributed by atoms with Crippen LogP contribution < -0.4 is 0 Å². The van der Waals surface area contributed by atoms with Crippen LogP contribution in [-0.2, 0) is 0 Å². The summed E-state index contributed by atoms with van der Waals surface area (Å²) in [4.78, 5) is 10.3. The summed E-state index contributed by atoms with van der Waals surface area (Å²) in [5.41, 5.74) is 4.93. The number of rotatable bonds is 2. The summed E-state index contributed by atoms with van der Waals surface area (Å²) in [7, 11) is 0. The van der Waals surface area contributed by atoms with E-state index in [4.69, 9.17) is 14.4 Å². The van der Waals surface area contributed by atoms with Crippen molar-refractivity contribution < 1.29 is 4.42 Å². The number of thiophene rings is 1. The van der Waals surface area contributed by atoms with Gasteiger partial charge < -0.3 is 4.42 Å². The standard InChI is InChI=1S/C34H19N3OS/c1-2-9-21-20(8-1)16-17-29-31(21)24-11-3-5-14-28(24)37(29)34-35-27-19-38-18-26(27)32(36-34)25-13-7-12-23-22-10-4-6-15-30(22)39-33(23)25/h1-19H. The Hall–Kier alpha value is -5.00. The Morgan fingerprint density at radius 1 is 0.590 bits per heavy atom. The van der Waals surface area contributed by atoms with Crippen LogP contribution in [0.15, 0.2) is 120 Å². The second-order valence-corrected chi connectivity index (χ2v) is 10.9. The fraction of sp³-hybridized carbons (Fsp3) is 0. The molecule has 4 heterocycles. The number of hydrogen-bond donors (Lipinski definition) is 0. The van der Waals surface area contributed by atoms with Crippen LogP contribution in [0.2, 0.25) is 0 Å². The molecule has 4 aromatic heterocycles. The highest BCUT2D eigenvalue weighted by Gasteiger charge is 2.20. The monoisotopic (exact) mass is 517 g/mol. The first-order valence-corrected chi connectivity index (χ1v) is 13.7. The molecule has 0 aliphatic heterocycles. The molecule has 0 bridgehead atoms. The van der Waals surface area contributed by atoms with Gasteiger partial charge in [-0.2, -0.15) is 0 Å². The van der Waals surface area contributed by atoms with Gasteiger partial charge in [0.1, 0.15) is 18.0 Å². The summed E-state index contributed by atoms with van der Waals surface area (Å²) >= 11 is 1.81. The van der Waals surface area contributed by atoms with Gasteiger partial charge in [-0.3, -0.25) is 4.57 Å². The van der Waals surface area contributed by atoms with E-state index < -0.39 is 0 Å². The van der Waals surface area contributed by atoms with Gasteiger partial charge in [-0.1, -0.05) is 84.9 Å². The maximum Gasteiger partial charge on any atom is 0.235 e. The van der Waals surface area contributed by atoms with Crippen molar-refractivity contribution >= 4 is 75.0 Å². The molecular weight excluding hydrogens is 498 g/mol. The number of nitrogens with zero attached hydrogens (tertiary/aromatic N) is 3. The molecule has 0 N–H and O–H groups in total. The molecular formula is C34H19N3OS. The molecule has 9 rings (SSSR count). The van der Waals surface area contributed by atoms with Crippen LogP contribution in [0, 0.1) is 0 Å². The zero-order valence-electron chi connectivity index (χ0n) is 20.6. The average Bonchev–Trinajstić information content (AvgIpc) is 3.70. The van der Waals surface area contributed by atoms with Gasteiger partial charge in [-0.15, -0.1) is 11.3 Å². The lowest BCUT2D eigenvalue weighted by molar-refractivity contribution is 0.572. The summed E-state index contributed by atoms with van der Waals surface area (Å²) < 4.78 is 10.4. The van der Waals surface area contributed by atoms with Crippen molar-refractivity contribution in [1.82, 2.24) is 14.5 Å². The molecule has 4 nitrogen and oxygen atoms in total. The van der Waals surface area contributed by atoms with Crippen LogP contribution in [0.4, 0.5) is 0 Å². The number of fused-ring (bicyclic) bond motifs is 9. The zero-order chi connectivity index (χ0) is 25.5. The number of furan rings is 1. The van der Waals surface area contributed by atoms with E-state index in [2.05, 4.69) is 108 Å². The summed E-state index contributed by atoms with van der Waals surface area (Å²) in [6.07, 6.45) is 3.48. The minimum Gasteiger partial charge on any atom is -0.470 e. The van der Waals surface area contributed by atoms with Gasteiger partial charge in [0, 0.05) is 36.5 Å². The largest absolute Gasteiger partial charge is 0.470 e. The van der Waals surface area contributed by atoms with Gasteiger partial charge in [-0.25, -0.2) is 9.97 Å². The fourth-order valence-corrected chi connectivity index (χ4v) is 7.26. The van der Waals surface area contributed by atoms with E-state index in [9.17, 15) is 0 Å². The highest BCUT2D eigenvalue weighted by Crippen LogP contribution is 2.42. The van der Waals surface area contributed by atoms with Gasteiger partial charge >= 0.3 is 0 Å². The molecule has 9 aromatic rings. The van der Waals surface area contributed by atoms with E-state index in [-0.39, 0.29) is 0 Å². The number of benzene rings is 5. The van der Waals surface area contributed by atoms with Crippen LogP contribution in [0.1, 0.15) is 0 Å². The number of hydrogen-bond acceptors (Lipinski definition) is 4. The Kier molecular flexibility index (Phi) is 4.18. The van der Waals surface area contributed by atoms with E-state index in [1.165, 1.54) is 41.7 Å². The van der Waals surface area contributed by atoms with Crippen LogP contribution >= 0.6 is 11.3 Å². The Morgan fingerprint density at radius 3 is 2.33 bits per heavy atom. The molecule has 0 atom stereocenters. The molecule has 0 radical (unpaired) electrons. The van der Waals surface area contributed by atoms with E-state index in [0.717, 1.165) is 33.2 Å². The first kappa shape index (κ1) is 21.0. The minimum absolute atomic E-state index is 0.637. The highest BCUT2D eigenvalue weighted by molar-refractivity contribution is 7.26. The molecule has 5 aromatic carbocycles. The third-order valence-electron chi connectivity index (χ3n) is 7.75. The predicted molar refractivity (Wildman–Crippen MR) is 162 cm³/mol. The van der Waals surface area contributed by atoms with Crippen molar-refractivity contribution in [1.29, 1.82) is 0 Å². The fourth-order valence-electron chi connectivity index (χ4n) is 6.04. The Balaban J connectivity index is 1.41. The topological polar surface area (TPSA) is 43.9 Å². The van der Waals surface area contributed by atoms with Crippen LogP contribution in [-0.4, -0.2) is 14.5 Å². The van der Waals surface area contributed by atoms with Crippen molar-refractivity contribution in [2.24, 2.45) is 0 Å². The summed E-state index contributed by atoms with van der Waals surface area (Å²) in [6.45, 7) is 0. The normalized spacial score (nSPS) is 12.1. The number of para-hydroxylation sites is 1. The maximum absolute atomic E-state index is 5.69. The molecule has 0 fully saturated rings. The van der Waals surface area contributed by atoms with Crippen LogP contribution in [0.25, 0.3) is 80.9 Å². The molecule has 0 spiro atoms. The third-order valence-corrected chi connectivity index (χ3v) is 8.97. The van der Waals surface area contributed by atoms with Gasteiger partial charge in [0.2, 0.25) is 5.95 Å². The Bertz CT molecular complexity index is 2410. The molecule has 0 aliphatic carbocycles. The quantitative estimate of drug-likeness (QED) is 0.229. The molecule has 0 aliphatic rings. The predicted octanol–water partition coefficient (Wildman–Crippen LogP) is 9.51. The van der Waals surface area contributed by atoms with Crippen molar-refractivity contribution in [2.45, 2.75) is 0 Å². The highest BCUT2D eigenvalue weighted by atomic mass is 32.1. The lowest BCUT2D eigenvalue weighted by Gasteiger charge is -2.10. The first-order chi connectivity index (χ1) is 19.3. The Morgan fingerprint density at radius 2 is 1.38 bits per heavy atom. The lowest BCUT2D eigenvalue weighted by Crippen LogP contribution is -2.02. The zero-order valence-corrected chi connectivity index (χ0v) is 21.4. The third kappa shape index (κ3) is 2.88. The maximum atomic E-state index is 5.69. The summed E-state index contributed by atoms with van der Waals surface area (Å²) in [6, 6.07) is 36.5. The van der Waals surface area contributed by atoms with Gasteiger partial charge in [0.25, 0.3) is 0 Å². The molecule has 0 unspecified atom stereocenters. The van der Waals surface area contributed by atoms with E-state index >= 15 is 0 Å². The van der Waals surface area contributed by atoms with Crippen molar-refractivity contribution in [3.8, 4) is 17.2 Å². The smallest absolute Gasteiger partial charge is 0.235 e. The minimum atomic E-state index is 0.637.